The summed E-state index contributed by atoms with van der Waals surface area (Å²) in [6, 6.07) is 14.9. The minimum atomic E-state index is -1.13. The van der Waals surface area contributed by atoms with E-state index in [-0.39, 0.29) is 17.9 Å². The van der Waals surface area contributed by atoms with Crippen LogP contribution in [0.3, 0.4) is 0 Å². The van der Waals surface area contributed by atoms with Crippen LogP contribution in [-0.4, -0.2) is 35.1 Å². The van der Waals surface area contributed by atoms with E-state index in [1.807, 2.05) is 47.9 Å². The zero-order valence-electron chi connectivity index (χ0n) is 20.4. The Morgan fingerprint density at radius 3 is 2.51 bits per heavy atom. The summed E-state index contributed by atoms with van der Waals surface area (Å²) < 4.78 is 7.39. The number of fused-ring (bicyclic) bond motifs is 3. The second-order valence-corrected chi connectivity index (χ2v) is 10.4. The first-order valence-electron chi connectivity index (χ1n) is 12.5. The van der Waals surface area contributed by atoms with Crippen molar-refractivity contribution in [2.45, 2.75) is 70.0 Å². The normalized spacial score (nSPS) is 21.3. The summed E-state index contributed by atoms with van der Waals surface area (Å²) in [6.07, 6.45) is 7.86. The third kappa shape index (κ3) is 4.40. The highest BCUT2D eigenvalue weighted by Crippen LogP contribution is 2.37. The second-order valence-electron chi connectivity index (χ2n) is 9.95. The number of anilines is 1. The van der Waals surface area contributed by atoms with E-state index < -0.39 is 5.54 Å². The largest absolute Gasteiger partial charge is 0.497 e. The fourth-order valence-corrected chi connectivity index (χ4v) is 5.74. The summed E-state index contributed by atoms with van der Waals surface area (Å²) in [4.78, 5) is 29.7. The standard InChI is InChI=1S/C28H32ClN3O3/c1-28(27(34)30-21-10-6-4-3-5-7-11-21)18-31-24-17-23(35-2)14-13-19(24)15-25(31)26(33)32(28)22-12-8-9-20(29)16-22/h8-9,12-17,21H,3-7,10-11,18H2,1-2H3,(H,30,34). The van der Waals surface area contributed by atoms with E-state index in [0.29, 0.717) is 28.7 Å². The molecule has 7 heteroatoms. The molecule has 35 heavy (non-hydrogen) atoms. The van der Waals surface area contributed by atoms with Gasteiger partial charge >= 0.3 is 0 Å². The molecule has 2 heterocycles. The number of carbonyl (C=O) groups is 2. The highest BCUT2D eigenvalue weighted by molar-refractivity contribution is 6.31. The number of amides is 2. The molecular formula is C28H32ClN3O3. The SMILES string of the molecule is COc1ccc2cc3n(c2c1)CC(C)(C(=O)NC1CCCCCCC1)N(c1cccc(Cl)c1)C3=O. The van der Waals surface area contributed by atoms with Crippen LogP contribution in [0.4, 0.5) is 5.69 Å². The predicted octanol–water partition coefficient (Wildman–Crippen LogP) is 5.95. The van der Waals surface area contributed by atoms with E-state index in [2.05, 4.69) is 5.32 Å². The van der Waals surface area contributed by atoms with Gasteiger partial charge < -0.3 is 14.6 Å². The lowest BCUT2D eigenvalue weighted by atomic mass is 9.91. The van der Waals surface area contributed by atoms with Crippen molar-refractivity contribution in [2.24, 2.45) is 0 Å². The van der Waals surface area contributed by atoms with E-state index in [0.717, 1.165) is 36.6 Å². The van der Waals surface area contributed by atoms with E-state index in [4.69, 9.17) is 16.3 Å². The Bertz CT molecular complexity index is 1260. The molecule has 2 amide bonds. The number of nitrogens with one attached hydrogen (secondary N) is 1. The van der Waals surface area contributed by atoms with Crippen molar-refractivity contribution in [2.75, 3.05) is 12.0 Å². The molecule has 3 aromatic rings. The smallest absolute Gasteiger partial charge is 0.275 e. The van der Waals surface area contributed by atoms with Crippen molar-refractivity contribution in [3.8, 4) is 5.75 Å². The quantitative estimate of drug-likeness (QED) is 0.488. The molecule has 1 aromatic heterocycles. The minimum Gasteiger partial charge on any atom is -0.497 e. The minimum absolute atomic E-state index is 0.124. The van der Waals surface area contributed by atoms with Crippen LogP contribution < -0.4 is 15.0 Å². The Labute approximate surface area is 211 Å². The molecule has 0 saturated heterocycles. The topological polar surface area (TPSA) is 63.6 Å². The number of aromatic nitrogens is 1. The van der Waals surface area contributed by atoms with Crippen molar-refractivity contribution < 1.29 is 14.3 Å². The maximum Gasteiger partial charge on any atom is 0.275 e. The summed E-state index contributed by atoms with van der Waals surface area (Å²) in [5, 5.41) is 4.78. The van der Waals surface area contributed by atoms with Gasteiger partial charge in [-0.3, -0.25) is 14.5 Å². The molecule has 1 N–H and O–H groups in total. The Hall–Kier alpha value is -2.99. The number of halogens is 1. The number of carbonyl (C=O) groups excluding carboxylic acids is 2. The molecule has 2 aliphatic rings. The lowest BCUT2D eigenvalue weighted by Gasteiger charge is -2.44. The fraction of sp³-hybridized carbons (Fsp3) is 0.429. The number of hydrogen-bond donors (Lipinski definition) is 1. The molecule has 1 aliphatic carbocycles. The summed E-state index contributed by atoms with van der Waals surface area (Å²) in [7, 11) is 1.62. The van der Waals surface area contributed by atoms with Gasteiger partial charge in [0.2, 0.25) is 5.91 Å². The zero-order valence-corrected chi connectivity index (χ0v) is 21.1. The van der Waals surface area contributed by atoms with Crippen LogP contribution in [0.2, 0.25) is 5.02 Å². The highest BCUT2D eigenvalue weighted by atomic mass is 35.5. The Morgan fingerprint density at radius 1 is 1.06 bits per heavy atom. The predicted molar refractivity (Wildman–Crippen MR) is 139 cm³/mol. The third-order valence-corrected chi connectivity index (χ3v) is 7.72. The van der Waals surface area contributed by atoms with Crippen molar-refractivity contribution >= 4 is 40.0 Å². The number of nitrogens with zero attached hydrogens (tertiary/aromatic N) is 2. The van der Waals surface area contributed by atoms with Gasteiger partial charge in [-0.15, -0.1) is 0 Å². The lowest BCUT2D eigenvalue weighted by Crippen LogP contribution is -2.65. The summed E-state index contributed by atoms with van der Waals surface area (Å²) in [6.45, 7) is 2.19. The number of rotatable bonds is 4. The highest BCUT2D eigenvalue weighted by Gasteiger charge is 2.49. The number of ether oxygens (including phenoxy) is 1. The number of benzene rings is 2. The van der Waals surface area contributed by atoms with Gasteiger partial charge in [-0.1, -0.05) is 49.8 Å². The van der Waals surface area contributed by atoms with Gasteiger partial charge in [0.1, 0.15) is 17.0 Å². The van der Waals surface area contributed by atoms with Crippen LogP contribution >= 0.6 is 11.6 Å². The maximum absolute atomic E-state index is 14.0. The molecule has 1 fully saturated rings. The molecule has 1 aliphatic heterocycles. The molecule has 2 aromatic carbocycles. The van der Waals surface area contributed by atoms with Crippen molar-refractivity contribution in [3.63, 3.8) is 0 Å². The van der Waals surface area contributed by atoms with Crippen LogP contribution in [0, 0.1) is 0 Å². The van der Waals surface area contributed by atoms with Gasteiger partial charge in [0.15, 0.2) is 0 Å². The molecule has 0 bridgehead atoms. The molecule has 5 rings (SSSR count). The van der Waals surface area contributed by atoms with Gasteiger partial charge in [-0.2, -0.15) is 0 Å². The van der Waals surface area contributed by atoms with E-state index in [9.17, 15) is 9.59 Å². The van der Waals surface area contributed by atoms with Crippen LogP contribution in [0.25, 0.3) is 10.9 Å². The average molecular weight is 494 g/mol. The fourth-order valence-electron chi connectivity index (χ4n) is 5.56. The van der Waals surface area contributed by atoms with Crippen molar-refractivity contribution in [1.82, 2.24) is 9.88 Å². The van der Waals surface area contributed by atoms with Gasteiger partial charge in [0.05, 0.1) is 19.2 Å². The summed E-state index contributed by atoms with van der Waals surface area (Å²) >= 11 is 6.31. The molecule has 184 valence electrons. The van der Waals surface area contributed by atoms with Crippen molar-refractivity contribution in [1.29, 1.82) is 0 Å². The van der Waals surface area contributed by atoms with E-state index >= 15 is 0 Å². The average Bonchev–Trinajstić information content (AvgIpc) is 3.18. The van der Waals surface area contributed by atoms with E-state index in [1.165, 1.54) is 19.3 Å². The van der Waals surface area contributed by atoms with Gasteiger partial charge in [-0.05, 0) is 56.2 Å². The lowest BCUT2D eigenvalue weighted by molar-refractivity contribution is -0.127. The maximum atomic E-state index is 14.0. The van der Waals surface area contributed by atoms with Gasteiger partial charge in [-0.25, -0.2) is 0 Å². The van der Waals surface area contributed by atoms with Gasteiger partial charge in [0.25, 0.3) is 5.91 Å². The molecule has 6 nitrogen and oxygen atoms in total. The van der Waals surface area contributed by atoms with Crippen LogP contribution in [0.5, 0.6) is 5.75 Å². The first-order chi connectivity index (χ1) is 16.9. The second kappa shape index (κ2) is 9.57. The number of methoxy groups -OCH3 is 1. The Kier molecular flexibility index (Phi) is 6.49. The first kappa shape index (κ1) is 23.7. The van der Waals surface area contributed by atoms with Crippen LogP contribution in [0.1, 0.15) is 62.4 Å². The molecule has 0 radical (unpaired) electrons. The van der Waals surface area contributed by atoms with Crippen LogP contribution in [-0.2, 0) is 11.3 Å². The Morgan fingerprint density at radius 2 is 1.80 bits per heavy atom. The molecular weight excluding hydrogens is 462 g/mol. The van der Waals surface area contributed by atoms with E-state index in [1.54, 1.807) is 24.1 Å². The van der Waals surface area contributed by atoms with Crippen LogP contribution in [0.15, 0.2) is 48.5 Å². The third-order valence-electron chi connectivity index (χ3n) is 7.49. The number of hydrogen-bond acceptors (Lipinski definition) is 3. The van der Waals surface area contributed by atoms with Gasteiger partial charge in [0, 0.05) is 28.2 Å². The molecule has 1 unspecified atom stereocenters. The molecule has 1 saturated carbocycles. The summed E-state index contributed by atoms with van der Waals surface area (Å²) in [5.74, 6) is 0.361. The first-order valence-corrected chi connectivity index (χ1v) is 12.9. The molecule has 1 atom stereocenters. The Balaban J connectivity index is 1.59. The summed E-state index contributed by atoms with van der Waals surface area (Å²) in [5.41, 5.74) is 0.909. The van der Waals surface area contributed by atoms with Crippen molar-refractivity contribution in [3.05, 3.63) is 59.2 Å². The zero-order chi connectivity index (χ0) is 24.6. The monoisotopic (exact) mass is 493 g/mol. The molecule has 0 spiro atoms.